The molecule has 0 amide bonds. The monoisotopic (exact) mass is 588 g/mol. The van der Waals surface area contributed by atoms with Gasteiger partial charge in [-0.15, -0.1) is 0 Å². The van der Waals surface area contributed by atoms with Gasteiger partial charge in [0.1, 0.15) is 5.75 Å². The Bertz CT molecular complexity index is 326. The van der Waals surface area contributed by atoms with Crippen LogP contribution in [0.15, 0.2) is 22.4 Å². The van der Waals surface area contributed by atoms with Gasteiger partial charge in [-0.2, -0.15) is 0 Å². The fourth-order valence-electron chi connectivity index (χ4n) is 0.904. The van der Waals surface area contributed by atoms with Gasteiger partial charge in [-0.3, -0.25) is 0 Å². The van der Waals surface area contributed by atoms with E-state index in [-0.39, 0.29) is 5.75 Å². The van der Waals surface area contributed by atoms with Crippen LogP contribution in [0.3, 0.4) is 0 Å². The van der Waals surface area contributed by atoms with Crippen molar-refractivity contribution < 1.29 is 10.2 Å². The molecule has 6 N–H and O–H groups in total. The molecule has 0 bridgehead atoms. The Hall–Kier alpha value is 1.30. The molecule has 0 saturated carbocycles. The molecular weight excluding hydrogens is 580 g/mol. The number of aliphatic hydroxyl groups is 1. The molecule has 0 fully saturated rings. The molecule has 0 aliphatic heterocycles. The van der Waals surface area contributed by atoms with Crippen LogP contribution in [0.25, 0.3) is 0 Å². The average Bonchev–Trinajstić information content (AvgIpc) is 2.41. The van der Waals surface area contributed by atoms with Crippen LogP contribution in [-0.4, -0.2) is 29.4 Å². The summed E-state index contributed by atoms with van der Waals surface area (Å²) in [5, 5.41) is 18.2. The van der Waals surface area contributed by atoms with E-state index in [0.717, 1.165) is 13.4 Å². The van der Waals surface area contributed by atoms with E-state index in [9.17, 15) is 5.11 Å². The summed E-state index contributed by atoms with van der Waals surface area (Å²) >= 11 is 16.4. The molecule has 0 heterocycles. The maximum Gasteiger partial charge on any atom is 0.146 e. The molecule has 1 aromatic carbocycles. The summed E-state index contributed by atoms with van der Waals surface area (Å²) in [6.45, 7) is 0.829. The lowest BCUT2D eigenvalue weighted by Gasteiger charge is -2.07. The first-order valence-electron chi connectivity index (χ1n) is 5.06. The third kappa shape index (κ3) is 6.29. The minimum atomic E-state index is -0.398. The van der Waals surface area contributed by atoms with Crippen LogP contribution in [0.2, 0.25) is 0 Å². The highest BCUT2D eigenvalue weighted by Gasteiger charge is 2.16. The van der Waals surface area contributed by atoms with E-state index >= 15 is 0 Å². The first-order chi connectivity index (χ1) is 8.77. The molecule has 1 rings (SSSR count). The molecule has 1 atom stereocenters. The maximum absolute atomic E-state index is 9.52. The van der Waals surface area contributed by atoms with Gasteiger partial charge in [-0.1, -0.05) is 0 Å². The smallest absolute Gasteiger partial charge is 0.146 e. The van der Waals surface area contributed by atoms with Gasteiger partial charge in [0, 0.05) is 11.0 Å². The Kier molecular flexibility index (Phi) is 10.8. The van der Waals surface area contributed by atoms with Crippen LogP contribution >= 0.6 is 79.6 Å². The number of rotatable bonds is 3. The number of hydrogen-bond donors (Lipinski definition) is 4. The van der Waals surface area contributed by atoms with Gasteiger partial charge >= 0.3 is 0 Å². The summed E-state index contributed by atoms with van der Waals surface area (Å²) in [4.78, 5) is 0. The van der Waals surface area contributed by atoms with Gasteiger partial charge < -0.3 is 21.7 Å². The molecule has 4 nitrogen and oxygen atoms in total. The molecule has 0 radical (unpaired) electrons. The standard InChI is InChI=1S/C6HBr5O.C4H12N2O/c7-1-2(8)4(10)6(12)5(11)3(1)9;5-2-1-4(7)3-6/h12H;4,7H,1-3,5-6H2. The lowest BCUT2D eigenvalue weighted by Crippen LogP contribution is -2.22. The highest BCUT2D eigenvalue weighted by Crippen LogP contribution is 2.47. The number of nitrogens with two attached hydrogens (primary N) is 2. The summed E-state index contributed by atoms with van der Waals surface area (Å²) < 4.78 is 3.62. The SMILES string of the molecule is NCCC(O)CN.Oc1c(Br)c(Br)c(Br)c(Br)c1Br. The van der Waals surface area contributed by atoms with Gasteiger partial charge in [0.2, 0.25) is 0 Å². The highest BCUT2D eigenvalue weighted by molar-refractivity contribution is 9.15. The second kappa shape index (κ2) is 10.1. The second-order valence-electron chi connectivity index (χ2n) is 3.39. The summed E-state index contributed by atoms with van der Waals surface area (Å²) in [6.07, 6.45) is 0.209. The zero-order valence-electron chi connectivity index (χ0n) is 9.64. The van der Waals surface area contributed by atoms with E-state index in [4.69, 9.17) is 16.6 Å². The van der Waals surface area contributed by atoms with Crippen molar-refractivity contribution in [3.63, 3.8) is 0 Å². The number of aromatic hydroxyl groups is 1. The number of halogens is 5. The van der Waals surface area contributed by atoms with Gasteiger partial charge in [0.15, 0.2) is 0 Å². The van der Waals surface area contributed by atoms with Crippen molar-refractivity contribution in [2.45, 2.75) is 12.5 Å². The number of benzene rings is 1. The van der Waals surface area contributed by atoms with Crippen molar-refractivity contribution in [1.29, 1.82) is 0 Å². The Morgan fingerprint density at radius 3 is 1.47 bits per heavy atom. The molecule has 0 aliphatic rings. The predicted octanol–water partition coefficient (Wildman–Crippen LogP) is 3.86. The molecular formula is C10H13Br5N2O2. The van der Waals surface area contributed by atoms with Crippen LogP contribution < -0.4 is 11.5 Å². The van der Waals surface area contributed by atoms with Crippen LogP contribution in [0.1, 0.15) is 6.42 Å². The maximum atomic E-state index is 9.52. The highest BCUT2D eigenvalue weighted by atomic mass is 79.9. The van der Waals surface area contributed by atoms with Crippen LogP contribution in [0.5, 0.6) is 5.75 Å². The third-order valence-electron chi connectivity index (χ3n) is 1.96. The quantitative estimate of drug-likeness (QED) is 0.317. The number of hydrogen-bond acceptors (Lipinski definition) is 4. The van der Waals surface area contributed by atoms with E-state index in [2.05, 4.69) is 79.6 Å². The molecule has 0 spiro atoms. The normalized spacial score (nSPS) is 11.8. The van der Waals surface area contributed by atoms with E-state index in [0.29, 0.717) is 28.5 Å². The minimum Gasteiger partial charge on any atom is -0.505 e. The molecule has 110 valence electrons. The average molecular weight is 593 g/mol. The molecule has 1 aromatic rings. The van der Waals surface area contributed by atoms with E-state index in [1.807, 2.05) is 0 Å². The fourth-order valence-corrected chi connectivity index (χ4v) is 3.93. The van der Waals surface area contributed by atoms with Crippen molar-refractivity contribution in [3.8, 4) is 5.75 Å². The molecule has 19 heavy (non-hydrogen) atoms. The first-order valence-corrected chi connectivity index (χ1v) is 9.02. The number of phenolic OH excluding ortho intramolecular Hbond substituents is 1. The van der Waals surface area contributed by atoms with Crippen molar-refractivity contribution in [1.82, 2.24) is 0 Å². The first kappa shape index (κ1) is 20.3. The minimum absolute atomic E-state index is 0.164. The van der Waals surface area contributed by atoms with E-state index < -0.39 is 6.10 Å². The fraction of sp³-hybridized carbons (Fsp3) is 0.400. The Morgan fingerprint density at radius 1 is 0.842 bits per heavy atom. The van der Waals surface area contributed by atoms with E-state index in [1.165, 1.54) is 0 Å². The Morgan fingerprint density at radius 2 is 1.21 bits per heavy atom. The van der Waals surface area contributed by atoms with Crippen molar-refractivity contribution in [3.05, 3.63) is 22.4 Å². The molecule has 0 aliphatic carbocycles. The molecule has 9 heteroatoms. The molecule has 0 aromatic heterocycles. The Labute approximate surface area is 154 Å². The topological polar surface area (TPSA) is 92.5 Å². The van der Waals surface area contributed by atoms with Crippen LogP contribution in [0, 0.1) is 0 Å². The van der Waals surface area contributed by atoms with Crippen LogP contribution in [-0.2, 0) is 0 Å². The van der Waals surface area contributed by atoms with E-state index in [1.54, 1.807) is 0 Å². The summed E-state index contributed by atoms with van der Waals surface area (Å²) in [7, 11) is 0. The molecule has 1 unspecified atom stereocenters. The van der Waals surface area contributed by atoms with Gasteiger partial charge in [-0.05, 0) is 92.6 Å². The van der Waals surface area contributed by atoms with Gasteiger partial charge in [0.25, 0.3) is 0 Å². The van der Waals surface area contributed by atoms with Crippen molar-refractivity contribution in [2.24, 2.45) is 11.5 Å². The van der Waals surface area contributed by atoms with Crippen molar-refractivity contribution >= 4 is 79.6 Å². The largest absolute Gasteiger partial charge is 0.505 e. The molecule has 0 saturated heterocycles. The van der Waals surface area contributed by atoms with Crippen LogP contribution in [0.4, 0.5) is 0 Å². The zero-order valence-corrected chi connectivity index (χ0v) is 17.6. The second-order valence-corrected chi connectivity index (χ2v) is 7.35. The lowest BCUT2D eigenvalue weighted by molar-refractivity contribution is 0.175. The predicted molar refractivity (Wildman–Crippen MR) is 95.3 cm³/mol. The summed E-state index contributed by atoms with van der Waals surface area (Å²) in [5.74, 6) is 0.164. The lowest BCUT2D eigenvalue weighted by atomic mass is 10.3. The summed E-state index contributed by atoms with van der Waals surface area (Å²) in [5.41, 5.74) is 10.1. The number of aliphatic hydroxyl groups excluding tert-OH is 1. The zero-order chi connectivity index (χ0) is 15.2. The summed E-state index contributed by atoms with van der Waals surface area (Å²) in [6, 6.07) is 0. The van der Waals surface area contributed by atoms with Crippen molar-refractivity contribution in [2.75, 3.05) is 13.1 Å². The number of phenols is 1. The van der Waals surface area contributed by atoms with Gasteiger partial charge in [-0.25, -0.2) is 0 Å². The third-order valence-corrected chi connectivity index (χ3v) is 8.01. The van der Waals surface area contributed by atoms with Gasteiger partial charge in [0.05, 0.1) is 24.0 Å². The Balaban J connectivity index is 0.000000399.